The van der Waals surface area contributed by atoms with Crippen LogP contribution in [0, 0.1) is 18.6 Å². The van der Waals surface area contributed by atoms with Crippen molar-refractivity contribution in [2.75, 3.05) is 0 Å². The van der Waals surface area contributed by atoms with Crippen LogP contribution in [-0.4, -0.2) is 31.6 Å². The number of aryl methyl sites for hydroxylation is 1. The summed E-state index contributed by atoms with van der Waals surface area (Å²) >= 11 is 0. The van der Waals surface area contributed by atoms with E-state index in [0.717, 1.165) is 12.1 Å². The van der Waals surface area contributed by atoms with Gasteiger partial charge in [0.1, 0.15) is 23.1 Å². The molecule has 0 fully saturated rings. The summed E-state index contributed by atoms with van der Waals surface area (Å²) < 4.78 is 28.9. The molecule has 9 heteroatoms. The van der Waals surface area contributed by atoms with Gasteiger partial charge in [-0.05, 0) is 25.1 Å². The second-order valence-electron chi connectivity index (χ2n) is 6.32. The van der Waals surface area contributed by atoms with Gasteiger partial charge in [0.05, 0.1) is 11.1 Å². The molecular weight excluding hydrogens is 380 g/mol. The molecule has 0 radical (unpaired) electrons. The molecule has 0 aliphatic rings. The second-order valence-corrected chi connectivity index (χ2v) is 6.32. The number of primary amides is 1. The molecule has 1 aromatic carbocycles. The quantitative estimate of drug-likeness (QED) is 0.518. The summed E-state index contributed by atoms with van der Waals surface area (Å²) in [7, 11) is 0. The first kappa shape index (κ1) is 18.4. The Hall–Kier alpha value is -4.01. The lowest BCUT2D eigenvalue weighted by molar-refractivity contribution is 0.0996. The molecule has 0 aliphatic heterocycles. The van der Waals surface area contributed by atoms with Gasteiger partial charge in [-0.15, -0.1) is 0 Å². The number of fused-ring (bicyclic) bond motifs is 1. The summed E-state index contributed by atoms with van der Waals surface area (Å²) in [6, 6.07) is 3.38. The van der Waals surface area contributed by atoms with Crippen LogP contribution < -0.4 is 5.73 Å². The molecule has 0 aliphatic carbocycles. The fourth-order valence-corrected chi connectivity index (χ4v) is 2.98. The Kier molecular flexibility index (Phi) is 4.34. The van der Waals surface area contributed by atoms with E-state index in [1.165, 1.54) is 6.20 Å². The van der Waals surface area contributed by atoms with E-state index in [-0.39, 0.29) is 5.56 Å². The maximum Gasteiger partial charge on any atom is 0.251 e. The van der Waals surface area contributed by atoms with Crippen LogP contribution in [0.2, 0.25) is 0 Å². The van der Waals surface area contributed by atoms with E-state index in [9.17, 15) is 18.4 Å². The maximum absolute atomic E-state index is 14.6. The molecule has 29 heavy (non-hydrogen) atoms. The lowest BCUT2D eigenvalue weighted by Crippen LogP contribution is -2.17. The number of rotatable bonds is 4. The Morgan fingerprint density at radius 2 is 1.69 bits per heavy atom. The van der Waals surface area contributed by atoms with Crippen molar-refractivity contribution >= 4 is 22.7 Å². The highest BCUT2D eigenvalue weighted by Crippen LogP contribution is 2.27. The van der Waals surface area contributed by atoms with E-state index < -0.39 is 34.5 Å². The number of nitrogens with one attached hydrogen (secondary N) is 1. The normalized spacial score (nSPS) is 11.0. The molecular formula is C20H13F2N5O2. The monoisotopic (exact) mass is 393 g/mol. The van der Waals surface area contributed by atoms with Crippen LogP contribution in [0.15, 0.2) is 43.0 Å². The Morgan fingerprint density at radius 1 is 1.00 bits per heavy atom. The maximum atomic E-state index is 14.6. The van der Waals surface area contributed by atoms with Crippen molar-refractivity contribution < 1.29 is 18.4 Å². The number of nitrogens with two attached hydrogens (primary N) is 1. The first-order chi connectivity index (χ1) is 13.9. The van der Waals surface area contributed by atoms with E-state index >= 15 is 0 Å². The topological polar surface area (TPSA) is 115 Å². The average molecular weight is 393 g/mol. The van der Waals surface area contributed by atoms with Crippen molar-refractivity contribution in [3.05, 3.63) is 77.1 Å². The van der Waals surface area contributed by atoms with Crippen LogP contribution in [0.4, 0.5) is 8.78 Å². The zero-order chi connectivity index (χ0) is 20.7. The Labute approximate surface area is 162 Å². The number of halogens is 2. The third-order valence-corrected chi connectivity index (χ3v) is 4.47. The molecule has 0 saturated heterocycles. The van der Waals surface area contributed by atoms with E-state index in [2.05, 4.69) is 19.9 Å². The Balaban J connectivity index is 1.86. The van der Waals surface area contributed by atoms with Crippen LogP contribution in [0.5, 0.6) is 0 Å². The van der Waals surface area contributed by atoms with Gasteiger partial charge >= 0.3 is 0 Å². The highest BCUT2D eigenvalue weighted by atomic mass is 19.1. The number of nitrogens with zero attached hydrogens (tertiary/aromatic N) is 3. The molecule has 3 heterocycles. The number of amides is 1. The third kappa shape index (κ3) is 3.12. The SMILES string of the molecule is Cc1ncc(-c2cnc3[nH]cc(C(=O)c4c(F)ccc(C(N)=O)c4F)c3c2)cn1. The van der Waals surface area contributed by atoms with Crippen LogP contribution in [0.25, 0.3) is 22.2 Å². The summed E-state index contributed by atoms with van der Waals surface area (Å²) in [5.41, 5.74) is 5.32. The predicted octanol–water partition coefficient (Wildman–Crippen LogP) is 2.94. The molecule has 4 aromatic rings. The van der Waals surface area contributed by atoms with E-state index in [1.54, 1.807) is 31.6 Å². The lowest BCUT2D eigenvalue weighted by atomic mass is 9.98. The number of carbonyl (C=O) groups excluding carboxylic acids is 2. The van der Waals surface area contributed by atoms with Crippen LogP contribution in [-0.2, 0) is 0 Å². The number of benzene rings is 1. The minimum absolute atomic E-state index is 0.00167. The fourth-order valence-electron chi connectivity index (χ4n) is 2.98. The minimum Gasteiger partial charge on any atom is -0.366 e. The van der Waals surface area contributed by atoms with Crippen LogP contribution in [0.1, 0.15) is 32.1 Å². The molecule has 144 valence electrons. The summed E-state index contributed by atoms with van der Waals surface area (Å²) in [5.74, 6) is -3.83. The zero-order valence-corrected chi connectivity index (χ0v) is 15.0. The minimum atomic E-state index is -1.30. The Bertz CT molecular complexity index is 1280. The van der Waals surface area contributed by atoms with Gasteiger partial charge in [-0.3, -0.25) is 9.59 Å². The number of hydrogen-bond donors (Lipinski definition) is 2. The molecule has 0 saturated carbocycles. The van der Waals surface area contributed by atoms with Crippen molar-refractivity contribution in [2.45, 2.75) is 6.92 Å². The zero-order valence-electron chi connectivity index (χ0n) is 15.0. The molecule has 0 unspecified atom stereocenters. The highest BCUT2D eigenvalue weighted by molar-refractivity contribution is 6.17. The number of aromatic nitrogens is 4. The number of pyridine rings is 1. The summed E-state index contributed by atoms with van der Waals surface area (Å²) in [5, 5.41) is 0.358. The summed E-state index contributed by atoms with van der Waals surface area (Å²) in [6.07, 6.45) is 6.09. The second kappa shape index (κ2) is 6.86. The lowest BCUT2D eigenvalue weighted by Gasteiger charge is -2.07. The van der Waals surface area contributed by atoms with Crippen molar-refractivity contribution in [2.24, 2.45) is 5.73 Å². The van der Waals surface area contributed by atoms with Gasteiger partial charge in [-0.25, -0.2) is 23.7 Å². The largest absolute Gasteiger partial charge is 0.366 e. The molecule has 3 aromatic heterocycles. The third-order valence-electron chi connectivity index (χ3n) is 4.47. The molecule has 7 nitrogen and oxygen atoms in total. The number of H-pyrrole nitrogens is 1. The van der Waals surface area contributed by atoms with Gasteiger partial charge in [-0.2, -0.15) is 0 Å². The van der Waals surface area contributed by atoms with E-state index in [0.29, 0.717) is 28.0 Å². The highest BCUT2D eigenvalue weighted by Gasteiger charge is 2.25. The molecule has 4 rings (SSSR count). The molecule has 0 bridgehead atoms. The van der Waals surface area contributed by atoms with Gasteiger partial charge in [0.25, 0.3) is 5.91 Å². The number of aromatic amines is 1. The van der Waals surface area contributed by atoms with Crippen molar-refractivity contribution in [3.8, 4) is 11.1 Å². The molecule has 1 amide bonds. The molecule has 0 atom stereocenters. The smallest absolute Gasteiger partial charge is 0.251 e. The number of hydrogen-bond acceptors (Lipinski definition) is 5. The summed E-state index contributed by atoms with van der Waals surface area (Å²) in [4.78, 5) is 39.6. The number of ketones is 1. The fraction of sp³-hybridized carbons (Fsp3) is 0.0500. The van der Waals surface area contributed by atoms with Crippen LogP contribution >= 0.6 is 0 Å². The van der Waals surface area contributed by atoms with Gasteiger partial charge in [0.15, 0.2) is 0 Å². The first-order valence-corrected chi connectivity index (χ1v) is 8.45. The number of carbonyl (C=O) groups is 2. The Morgan fingerprint density at radius 3 is 2.38 bits per heavy atom. The van der Waals surface area contributed by atoms with Crippen molar-refractivity contribution in [1.29, 1.82) is 0 Å². The van der Waals surface area contributed by atoms with Crippen LogP contribution in [0.3, 0.4) is 0 Å². The average Bonchev–Trinajstić information content (AvgIpc) is 3.11. The first-order valence-electron chi connectivity index (χ1n) is 8.45. The van der Waals surface area contributed by atoms with Gasteiger partial charge in [0.2, 0.25) is 5.78 Å². The predicted molar refractivity (Wildman–Crippen MR) is 100 cm³/mol. The van der Waals surface area contributed by atoms with E-state index in [1.807, 2.05) is 0 Å². The van der Waals surface area contributed by atoms with Gasteiger partial charge in [0, 0.05) is 46.9 Å². The summed E-state index contributed by atoms with van der Waals surface area (Å²) in [6.45, 7) is 1.75. The molecule has 3 N–H and O–H groups in total. The molecule has 0 spiro atoms. The van der Waals surface area contributed by atoms with Crippen molar-refractivity contribution in [3.63, 3.8) is 0 Å². The standard InChI is InChI=1S/C20H13F2N5O2/c1-9-24-6-11(7-25-9)10-4-13-14(8-27-20(13)26-5-10)18(28)16-15(21)3-2-12(17(16)22)19(23)29/h2-8H,1H3,(H2,23,29)(H,26,27). The van der Waals surface area contributed by atoms with Crippen molar-refractivity contribution in [1.82, 2.24) is 19.9 Å². The van der Waals surface area contributed by atoms with E-state index in [4.69, 9.17) is 5.73 Å². The van der Waals surface area contributed by atoms with Gasteiger partial charge < -0.3 is 10.7 Å². The van der Waals surface area contributed by atoms with Gasteiger partial charge in [-0.1, -0.05) is 0 Å².